The van der Waals surface area contributed by atoms with Crippen LogP contribution in [0.3, 0.4) is 0 Å². The summed E-state index contributed by atoms with van der Waals surface area (Å²) in [5.41, 5.74) is 0.102. The Balaban J connectivity index is 2.74. The molecule has 64 valence electrons. The number of nitrogens with one attached hydrogen (secondary N) is 1. The van der Waals surface area contributed by atoms with Gasteiger partial charge < -0.3 is 5.32 Å². The zero-order valence-corrected chi connectivity index (χ0v) is 8.97. The van der Waals surface area contributed by atoms with Gasteiger partial charge in [0.15, 0.2) is 0 Å². The topological polar surface area (TPSA) is 15.3 Å². The first-order valence-electron chi connectivity index (χ1n) is 3.59. The molecule has 1 aliphatic heterocycles. The molecule has 4 heteroatoms. The highest BCUT2D eigenvalue weighted by Crippen LogP contribution is 2.32. The van der Waals surface area contributed by atoms with E-state index >= 15 is 0 Å². The zero-order chi connectivity index (χ0) is 8.65. The van der Waals surface area contributed by atoms with E-state index in [0.717, 1.165) is 4.32 Å². The Hall–Kier alpha value is 0.200. The van der Waals surface area contributed by atoms with Crippen LogP contribution in [-0.4, -0.2) is 34.2 Å². The molecule has 0 aromatic carbocycles. The van der Waals surface area contributed by atoms with Crippen LogP contribution in [0.5, 0.6) is 0 Å². The van der Waals surface area contributed by atoms with Crippen LogP contribution in [0, 0.1) is 0 Å². The molecule has 0 aromatic rings. The van der Waals surface area contributed by atoms with Gasteiger partial charge in [0, 0.05) is 0 Å². The molecule has 2 nitrogen and oxygen atoms in total. The lowest BCUT2D eigenvalue weighted by atomic mass is 10.1. The minimum Gasteiger partial charge on any atom is -0.364 e. The second-order valence-corrected chi connectivity index (χ2v) is 5.33. The van der Waals surface area contributed by atoms with Crippen LogP contribution < -0.4 is 5.32 Å². The summed E-state index contributed by atoms with van der Waals surface area (Å²) in [6.07, 6.45) is 0. The number of nitrogens with zero attached hydrogens (tertiary/aromatic N) is 1. The molecule has 1 unspecified atom stereocenters. The lowest BCUT2D eigenvalue weighted by molar-refractivity contribution is 0.275. The van der Waals surface area contributed by atoms with Crippen LogP contribution in [0.25, 0.3) is 0 Å². The van der Waals surface area contributed by atoms with Gasteiger partial charge in [-0.2, -0.15) is 0 Å². The van der Waals surface area contributed by atoms with Crippen LogP contribution in [0.4, 0.5) is 0 Å². The highest BCUT2D eigenvalue weighted by Gasteiger charge is 2.39. The zero-order valence-electron chi connectivity index (χ0n) is 7.34. The van der Waals surface area contributed by atoms with Gasteiger partial charge in [0.25, 0.3) is 0 Å². The minimum atomic E-state index is 0.102. The Labute approximate surface area is 77.7 Å². The van der Waals surface area contributed by atoms with Crippen molar-refractivity contribution in [2.45, 2.75) is 24.8 Å². The molecule has 1 heterocycles. The summed E-state index contributed by atoms with van der Waals surface area (Å²) < 4.78 is 0.911. The standard InChI is InChI=1S/C7H14N2S2/c1-7(2)5(9(3)4)11-6(10)8-7/h5H,1-4H3,(H,8,10). The van der Waals surface area contributed by atoms with Crippen molar-refractivity contribution in [3.8, 4) is 0 Å². The number of likely N-dealkylation sites (N-methyl/N-ethyl adjacent to an activating group) is 1. The van der Waals surface area contributed by atoms with E-state index in [1.54, 1.807) is 11.8 Å². The molecule has 1 rings (SSSR count). The molecule has 0 aliphatic carbocycles. The van der Waals surface area contributed by atoms with E-state index < -0.39 is 0 Å². The first-order valence-corrected chi connectivity index (χ1v) is 4.87. The van der Waals surface area contributed by atoms with E-state index in [2.05, 4.69) is 38.2 Å². The fourth-order valence-corrected chi connectivity index (χ4v) is 2.98. The van der Waals surface area contributed by atoms with Gasteiger partial charge in [0.2, 0.25) is 0 Å². The maximum absolute atomic E-state index is 5.09. The molecule has 0 bridgehead atoms. The van der Waals surface area contributed by atoms with Crippen molar-refractivity contribution in [3.63, 3.8) is 0 Å². The SMILES string of the molecule is CN(C)C1SC(=S)NC1(C)C. The molecule has 1 atom stereocenters. The summed E-state index contributed by atoms with van der Waals surface area (Å²) in [4.78, 5) is 2.19. The Bertz CT molecular complexity index is 177. The summed E-state index contributed by atoms with van der Waals surface area (Å²) in [7, 11) is 4.16. The van der Waals surface area contributed by atoms with Gasteiger partial charge in [-0.15, -0.1) is 0 Å². The Morgan fingerprint density at radius 1 is 1.55 bits per heavy atom. The van der Waals surface area contributed by atoms with Crippen molar-refractivity contribution in [2.24, 2.45) is 0 Å². The van der Waals surface area contributed by atoms with Crippen LogP contribution in [-0.2, 0) is 0 Å². The molecule has 1 fully saturated rings. The number of thioether (sulfide) groups is 1. The van der Waals surface area contributed by atoms with Crippen molar-refractivity contribution in [1.29, 1.82) is 0 Å². The summed E-state index contributed by atoms with van der Waals surface area (Å²) in [6.45, 7) is 4.34. The summed E-state index contributed by atoms with van der Waals surface area (Å²) in [5, 5.41) is 3.73. The largest absolute Gasteiger partial charge is 0.364 e. The van der Waals surface area contributed by atoms with Crippen molar-refractivity contribution in [3.05, 3.63) is 0 Å². The highest BCUT2D eigenvalue weighted by molar-refractivity contribution is 8.23. The number of hydrogen-bond acceptors (Lipinski definition) is 3. The third-order valence-corrected chi connectivity index (χ3v) is 3.67. The highest BCUT2D eigenvalue weighted by atomic mass is 32.2. The molecule has 0 amide bonds. The lowest BCUT2D eigenvalue weighted by Crippen LogP contribution is -2.47. The summed E-state index contributed by atoms with van der Waals surface area (Å²) in [5.74, 6) is 0. The summed E-state index contributed by atoms with van der Waals surface area (Å²) in [6, 6.07) is 0. The third kappa shape index (κ3) is 1.86. The second-order valence-electron chi connectivity index (χ2n) is 3.57. The fraction of sp³-hybridized carbons (Fsp3) is 0.857. The normalized spacial score (nSPS) is 29.2. The second kappa shape index (κ2) is 2.92. The quantitative estimate of drug-likeness (QED) is 0.626. The number of thiocarbonyl (C=S) groups is 1. The minimum absolute atomic E-state index is 0.102. The molecule has 0 aromatic heterocycles. The van der Waals surface area contributed by atoms with E-state index in [1.807, 2.05) is 0 Å². The van der Waals surface area contributed by atoms with Gasteiger partial charge in [-0.25, -0.2) is 0 Å². The summed E-state index contributed by atoms with van der Waals surface area (Å²) >= 11 is 6.82. The average molecular weight is 190 g/mol. The van der Waals surface area contributed by atoms with Crippen LogP contribution in [0.2, 0.25) is 0 Å². The molecule has 0 saturated carbocycles. The average Bonchev–Trinajstić information content (AvgIpc) is 2.04. The van der Waals surface area contributed by atoms with E-state index in [-0.39, 0.29) is 5.54 Å². The van der Waals surface area contributed by atoms with Gasteiger partial charge in [0.1, 0.15) is 4.32 Å². The van der Waals surface area contributed by atoms with E-state index in [1.165, 1.54) is 0 Å². The number of hydrogen-bond donors (Lipinski definition) is 1. The molecule has 0 radical (unpaired) electrons. The monoisotopic (exact) mass is 190 g/mol. The van der Waals surface area contributed by atoms with Gasteiger partial charge in [-0.1, -0.05) is 24.0 Å². The van der Waals surface area contributed by atoms with E-state index in [9.17, 15) is 0 Å². The van der Waals surface area contributed by atoms with Gasteiger partial charge >= 0.3 is 0 Å². The molecular formula is C7H14N2S2. The van der Waals surface area contributed by atoms with Crippen molar-refractivity contribution >= 4 is 28.3 Å². The molecule has 1 aliphatic rings. The Morgan fingerprint density at radius 3 is 2.27 bits per heavy atom. The predicted molar refractivity (Wildman–Crippen MR) is 54.9 cm³/mol. The molecule has 0 spiro atoms. The van der Waals surface area contributed by atoms with Crippen LogP contribution in [0.15, 0.2) is 0 Å². The van der Waals surface area contributed by atoms with E-state index in [0.29, 0.717) is 5.37 Å². The van der Waals surface area contributed by atoms with Crippen molar-refractivity contribution in [1.82, 2.24) is 10.2 Å². The maximum atomic E-state index is 5.09. The van der Waals surface area contributed by atoms with Crippen LogP contribution in [0.1, 0.15) is 13.8 Å². The first-order chi connectivity index (χ1) is 4.93. The fourth-order valence-electron chi connectivity index (χ4n) is 1.35. The molecule has 11 heavy (non-hydrogen) atoms. The molecular weight excluding hydrogens is 176 g/mol. The number of rotatable bonds is 1. The third-order valence-electron chi connectivity index (χ3n) is 1.73. The van der Waals surface area contributed by atoms with E-state index in [4.69, 9.17) is 12.2 Å². The predicted octanol–water partition coefficient (Wildman–Crippen LogP) is 1.27. The lowest BCUT2D eigenvalue weighted by Gasteiger charge is -2.30. The van der Waals surface area contributed by atoms with Gasteiger partial charge in [-0.3, -0.25) is 4.90 Å². The van der Waals surface area contributed by atoms with Crippen molar-refractivity contribution in [2.75, 3.05) is 14.1 Å². The van der Waals surface area contributed by atoms with Crippen LogP contribution >= 0.6 is 24.0 Å². The maximum Gasteiger partial charge on any atom is 0.135 e. The Morgan fingerprint density at radius 2 is 2.09 bits per heavy atom. The van der Waals surface area contributed by atoms with Gasteiger partial charge in [-0.05, 0) is 27.9 Å². The first kappa shape index (κ1) is 9.29. The van der Waals surface area contributed by atoms with Gasteiger partial charge in [0.05, 0.1) is 10.9 Å². The Kier molecular flexibility index (Phi) is 2.46. The molecule has 1 saturated heterocycles. The van der Waals surface area contributed by atoms with Crippen molar-refractivity contribution < 1.29 is 0 Å². The smallest absolute Gasteiger partial charge is 0.135 e. The molecule has 1 N–H and O–H groups in total.